The van der Waals surface area contributed by atoms with Gasteiger partial charge in [0.15, 0.2) is 0 Å². The Kier molecular flexibility index (Phi) is 15.1. The third kappa shape index (κ3) is 15.0. The fraction of sp³-hybridized carbons (Fsp3) is 0.480. The van der Waals surface area contributed by atoms with E-state index in [1.54, 1.807) is 6.20 Å². The number of alkyl halides is 9. The number of rotatable bonds is 5. The molecular formula is C25H26F9N3O8. The minimum absolute atomic E-state index is 0.176. The van der Waals surface area contributed by atoms with Crippen LogP contribution in [-0.2, 0) is 37.0 Å². The molecule has 1 saturated heterocycles. The molecule has 1 aliphatic carbocycles. The van der Waals surface area contributed by atoms with Gasteiger partial charge in [-0.3, -0.25) is 14.9 Å². The zero-order valence-electron chi connectivity index (χ0n) is 22.7. The van der Waals surface area contributed by atoms with E-state index < -0.39 is 36.4 Å². The number of morpholine rings is 1. The van der Waals surface area contributed by atoms with E-state index in [4.69, 9.17) is 39.2 Å². The molecule has 1 aliphatic heterocycles. The van der Waals surface area contributed by atoms with Crippen LogP contribution in [0.3, 0.4) is 0 Å². The lowest BCUT2D eigenvalue weighted by Crippen LogP contribution is -2.51. The average Bonchev–Trinajstić information content (AvgIpc) is 3.37. The second-order valence-corrected chi connectivity index (χ2v) is 8.93. The van der Waals surface area contributed by atoms with E-state index >= 15 is 0 Å². The van der Waals surface area contributed by atoms with Crippen LogP contribution in [0.15, 0.2) is 49.1 Å². The second kappa shape index (κ2) is 17.4. The first kappa shape index (κ1) is 39.0. The van der Waals surface area contributed by atoms with Crippen molar-refractivity contribution in [3.8, 4) is 0 Å². The Morgan fingerprint density at radius 3 is 1.76 bits per heavy atom. The van der Waals surface area contributed by atoms with E-state index in [1.807, 2.05) is 24.7 Å². The molecule has 252 valence electrons. The number of nitrogens with zero attached hydrogens (tertiary/aromatic N) is 3. The molecule has 3 heterocycles. The van der Waals surface area contributed by atoms with Crippen LogP contribution in [-0.4, -0.2) is 98.0 Å². The van der Waals surface area contributed by atoms with Gasteiger partial charge in [0.05, 0.1) is 25.4 Å². The monoisotopic (exact) mass is 667 g/mol. The number of carboxylic acid groups (broad SMARTS) is 3. The van der Waals surface area contributed by atoms with Crippen molar-refractivity contribution in [1.29, 1.82) is 0 Å². The summed E-state index contributed by atoms with van der Waals surface area (Å²) >= 11 is 0. The normalized spacial score (nSPS) is 19.7. The number of ether oxygens (including phenoxy) is 2. The Hall–Kier alpha value is -4.04. The molecule has 4 rings (SSSR count). The van der Waals surface area contributed by atoms with Crippen LogP contribution >= 0.6 is 0 Å². The van der Waals surface area contributed by atoms with E-state index in [1.165, 1.54) is 5.56 Å². The van der Waals surface area contributed by atoms with Crippen LogP contribution in [0.25, 0.3) is 0 Å². The highest BCUT2D eigenvalue weighted by molar-refractivity contribution is 5.73. The van der Waals surface area contributed by atoms with Gasteiger partial charge in [0, 0.05) is 43.9 Å². The van der Waals surface area contributed by atoms with Crippen LogP contribution in [0, 0.1) is 0 Å². The fourth-order valence-corrected chi connectivity index (χ4v) is 3.78. The average molecular weight is 667 g/mol. The quantitative estimate of drug-likeness (QED) is 0.390. The second-order valence-electron chi connectivity index (χ2n) is 8.93. The van der Waals surface area contributed by atoms with Crippen molar-refractivity contribution < 1.29 is 78.7 Å². The first-order valence-electron chi connectivity index (χ1n) is 12.4. The summed E-state index contributed by atoms with van der Waals surface area (Å²) < 4.78 is 107. The molecule has 0 radical (unpaired) electrons. The van der Waals surface area contributed by atoms with Crippen LogP contribution in [0.4, 0.5) is 39.5 Å². The van der Waals surface area contributed by atoms with Crippen molar-refractivity contribution in [3.63, 3.8) is 0 Å². The molecule has 0 bridgehead atoms. The van der Waals surface area contributed by atoms with Crippen molar-refractivity contribution in [1.82, 2.24) is 14.9 Å². The molecule has 20 heteroatoms. The number of pyridine rings is 2. The first-order chi connectivity index (χ1) is 20.7. The van der Waals surface area contributed by atoms with Crippen molar-refractivity contribution >= 4 is 17.9 Å². The third-order valence-corrected chi connectivity index (χ3v) is 5.70. The Bertz CT molecular complexity index is 1140. The number of hydrogen-bond donors (Lipinski definition) is 3. The summed E-state index contributed by atoms with van der Waals surface area (Å²) in [5.41, 5.74) is 2.43. The number of carbonyl (C=O) groups is 3. The number of aromatic nitrogens is 2. The smallest absolute Gasteiger partial charge is 0.475 e. The van der Waals surface area contributed by atoms with Crippen molar-refractivity contribution in [2.45, 2.75) is 62.8 Å². The lowest BCUT2D eigenvalue weighted by Gasteiger charge is -2.39. The molecule has 2 aromatic rings. The molecule has 11 nitrogen and oxygen atoms in total. The lowest BCUT2D eigenvalue weighted by molar-refractivity contribution is -0.193. The van der Waals surface area contributed by atoms with Gasteiger partial charge in [0.1, 0.15) is 0 Å². The van der Waals surface area contributed by atoms with Crippen LogP contribution in [0.2, 0.25) is 0 Å². The van der Waals surface area contributed by atoms with E-state index in [2.05, 4.69) is 33.1 Å². The Morgan fingerprint density at radius 2 is 1.31 bits per heavy atom. The zero-order chi connectivity index (χ0) is 34.4. The van der Waals surface area contributed by atoms with Crippen molar-refractivity contribution in [2.24, 2.45) is 0 Å². The maximum atomic E-state index is 10.6. The summed E-state index contributed by atoms with van der Waals surface area (Å²) in [6.45, 7) is 3.33. The van der Waals surface area contributed by atoms with E-state index in [0.717, 1.165) is 38.1 Å². The van der Waals surface area contributed by atoms with Crippen LogP contribution in [0.5, 0.6) is 0 Å². The Balaban J connectivity index is 0.000000396. The van der Waals surface area contributed by atoms with Gasteiger partial charge in [-0.2, -0.15) is 39.5 Å². The maximum absolute atomic E-state index is 10.6. The Morgan fingerprint density at radius 1 is 0.800 bits per heavy atom. The summed E-state index contributed by atoms with van der Waals surface area (Å²) in [5, 5.41) is 21.4. The zero-order valence-corrected chi connectivity index (χ0v) is 22.7. The number of aliphatic carboxylic acids is 3. The molecule has 2 fully saturated rings. The Labute approximate surface area is 248 Å². The summed E-state index contributed by atoms with van der Waals surface area (Å²) in [5.74, 6) is -8.27. The molecule has 3 N–H and O–H groups in total. The van der Waals surface area contributed by atoms with Crippen molar-refractivity contribution in [2.75, 3.05) is 13.2 Å². The molecule has 0 spiro atoms. The highest BCUT2D eigenvalue weighted by Crippen LogP contribution is 2.33. The van der Waals surface area contributed by atoms with Gasteiger partial charge >= 0.3 is 36.4 Å². The predicted octanol–water partition coefficient (Wildman–Crippen LogP) is 4.33. The standard InChI is InChI=1S/C19H23N3O2.3C2HF3O2/c1-2-16(12-21-7-1)14-24-18-4-3-17-19(18)23-11-10-22(17)13-15-5-8-20-9-6-15;3*3-2(4,5)1(6)7/h1-2,5-9,12,17-19H,3-4,10-11,13-14H2;3*(H,6,7)/t17-,18-,19+;;;/m0.../s1. The predicted molar refractivity (Wildman–Crippen MR) is 131 cm³/mol. The first-order valence-corrected chi connectivity index (χ1v) is 12.4. The molecule has 2 aromatic heterocycles. The van der Waals surface area contributed by atoms with E-state index in [0.29, 0.717) is 12.6 Å². The number of hydrogen-bond acceptors (Lipinski definition) is 8. The summed E-state index contributed by atoms with van der Waals surface area (Å²) in [6, 6.07) is 8.64. The summed E-state index contributed by atoms with van der Waals surface area (Å²) in [4.78, 5) is 37.5. The molecule has 1 saturated carbocycles. The van der Waals surface area contributed by atoms with E-state index in [-0.39, 0.29) is 12.2 Å². The topological polar surface area (TPSA) is 159 Å². The van der Waals surface area contributed by atoms with Crippen molar-refractivity contribution in [3.05, 3.63) is 60.2 Å². The number of fused-ring (bicyclic) bond motifs is 1. The summed E-state index contributed by atoms with van der Waals surface area (Å²) in [6.07, 6.45) is -5.33. The molecule has 2 aliphatic rings. The highest BCUT2D eigenvalue weighted by atomic mass is 19.4. The van der Waals surface area contributed by atoms with Gasteiger partial charge in [-0.1, -0.05) is 6.07 Å². The maximum Gasteiger partial charge on any atom is 0.490 e. The lowest BCUT2D eigenvalue weighted by atomic mass is 10.1. The molecule has 0 unspecified atom stereocenters. The van der Waals surface area contributed by atoms with Gasteiger partial charge in [0.25, 0.3) is 0 Å². The van der Waals surface area contributed by atoms with Gasteiger partial charge in [-0.15, -0.1) is 0 Å². The van der Waals surface area contributed by atoms with E-state index in [9.17, 15) is 39.5 Å². The number of carboxylic acids is 3. The van der Waals surface area contributed by atoms with Crippen LogP contribution in [0.1, 0.15) is 24.0 Å². The van der Waals surface area contributed by atoms with Gasteiger partial charge in [0.2, 0.25) is 0 Å². The molecule has 45 heavy (non-hydrogen) atoms. The molecule has 3 atom stereocenters. The van der Waals surface area contributed by atoms with Gasteiger partial charge in [-0.05, 0) is 42.2 Å². The molecule has 0 aromatic carbocycles. The molecular weight excluding hydrogens is 641 g/mol. The third-order valence-electron chi connectivity index (χ3n) is 5.70. The highest BCUT2D eigenvalue weighted by Gasteiger charge is 2.43. The largest absolute Gasteiger partial charge is 0.490 e. The van der Waals surface area contributed by atoms with Gasteiger partial charge in [-0.25, -0.2) is 14.4 Å². The number of halogens is 9. The van der Waals surface area contributed by atoms with Crippen LogP contribution < -0.4 is 0 Å². The van der Waals surface area contributed by atoms with Gasteiger partial charge < -0.3 is 24.8 Å². The molecule has 0 amide bonds. The minimum Gasteiger partial charge on any atom is -0.475 e. The summed E-state index contributed by atoms with van der Waals surface area (Å²) in [7, 11) is 0. The fourth-order valence-electron chi connectivity index (χ4n) is 3.78. The SMILES string of the molecule is O=C(O)C(F)(F)F.O=C(O)C(F)(F)F.O=C(O)C(F)(F)F.c1cncc(CO[C@H]2CC[C@H]3[C@H]2OCCN3Cc2ccncc2)c1. The minimum atomic E-state index is -5.08.